The first-order valence-corrected chi connectivity index (χ1v) is 12.6. The molecule has 0 bridgehead atoms. The second kappa shape index (κ2) is 9.05. The predicted octanol–water partition coefficient (Wildman–Crippen LogP) is 3.18. The van der Waals surface area contributed by atoms with Crippen molar-refractivity contribution in [1.29, 1.82) is 0 Å². The van der Waals surface area contributed by atoms with Crippen molar-refractivity contribution in [2.45, 2.75) is 64.5 Å². The minimum atomic E-state index is -0.614. The third-order valence-electron chi connectivity index (χ3n) is 7.64. The van der Waals surface area contributed by atoms with Gasteiger partial charge in [-0.25, -0.2) is 9.50 Å². The standard InChI is InChI=1S/C25H33BClN5O3/c1-6-20(16-7-9-19(27)10-8-16)30-23(33)17-12-31(13-17)22-21-11-18(14-32(21)29-15-28-22)26-34-24(2,3)25(4,5)35-26/h7-11,14-15,17,20,23,30,33H,6,12-13H2,1-5H3/t20-,23?/m0/s1. The highest BCUT2D eigenvalue weighted by molar-refractivity contribution is 6.62. The fourth-order valence-electron chi connectivity index (χ4n) is 4.66. The van der Waals surface area contributed by atoms with Gasteiger partial charge in [0.15, 0.2) is 5.82 Å². The van der Waals surface area contributed by atoms with Crippen molar-refractivity contribution in [2.75, 3.05) is 18.0 Å². The van der Waals surface area contributed by atoms with Crippen LogP contribution in [0.1, 0.15) is 52.6 Å². The molecule has 8 nitrogen and oxygen atoms in total. The van der Waals surface area contributed by atoms with Gasteiger partial charge in [-0.1, -0.05) is 30.7 Å². The second-order valence-electron chi connectivity index (χ2n) is 10.6. The first-order chi connectivity index (χ1) is 16.6. The lowest BCUT2D eigenvalue weighted by Crippen LogP contribution is -2.56. The average Bonchev–Trinajstić information content (AvgIpc) is 3.30. The first kappa shape index (κ1) is 24.5. The Bertz CT molecular complexity index is 1180. The third kappa shape index (κ3) is 4.56. The van der Waals surface area contributed by atoms with E-state index in [-0.39, 0.29) is 12.0 Å². The smallest absolute Gasteiger partial charge is 0.399 e. The molecule has 4 heterocycles. The zero-order chi connectivity index (χ0) is 25.0. The summed E-state index contributed by atoms with van der Waals surface area (Å²) in [5.41, 5.74) is 2.11. The zero-order valence-electron chi connectivity index (χ0n) is 20.9. The van der Waals surface area contributed by atoms with Gasteiger partial charge in [-0.15, -0.1) is 0 Å². The fourth-order valence-corrected chi connectivity index (χ4v) is 4.79. The number of hydrogen-bond donors (Lipinski definition) is 2. The van der Waals surface area contributed by atoms with Gasteiger partial charge < -0.3 is 19.3 Å². The molecule has 1 aromatic carbocycles. The largest absolute Gasteiger partial charge is 0.496 e. The molecule has 0 aliphatic carbocycles. The van der Waals surface area contributed by atoms with E-state index < -0.39 is 24.5 Å². The Morgan fingerprint density at radius 3 is 2.46 bits per heavy atom. The van der Waals surface area contributed by atoms with Gasteiger partial charge >= 0.3 is 7.12 Å². The van der Waals surface area contributed by atoms with Crippen LogP contribution in [0, 0.1) is 5.92 Å². The van der Waals surface area contributed by atoms with Crippen molar-refractivity contribution in [3.8, 4) is 0 Å². The number of benzene rings is 1. The van der Waals surface area contributed by atoms with Gasteiger partial charge in [-0.05, 0) is 57.9 Å². The van der Waals surface area contributed by atoms with Crippen LogP contribution in [0.2, 0.25) is 5.02 Å². The molecule has 2 aliphatic rings. The zero-order valence-corrected chi connectivity index (χ0v) is 21.7. The Balaban J connectivity index is 1.26. The SMILES string of the molecule is CC[C@H](NC(O)C1CN(c2ncnn3cc(B4OC(C)(C)C(C)(C)O4)cc23)C1)c1ccc(Cl)cc1. The Labute approximate surface area is 211 Å². The summed E-state index contributed by atoms with van der Waals surface area (Å²) < 4.78 is 14.2. The number of halogens is 1. The fraction of sp³-hybridized carbons (Fsp3) is 0.520. The summed E-state index contributed by atoms with van der Waals surface area (Å²) in [6.45, 7) is 11.7. The average molecular weight is 498 g/mol. The molecule has 0 radical (unpaired) electrons. The van der Waals surface area contributed by atoms with E-state index in [1.165, 1.54) is 0 Å². The van der Waals surface area contributed by atoms with Crippen LogP contribution in [0.4, 0.5) is 5.82 Å². The molecular formula is C25H33BClN5O3. The highest BCUT2D eigenvalue weighted by Crippen LogP contribution is 2.37. The van der Waals surface area contributed by atoms with Crippen LogP contribution in [0.5, 0.6) is 0 Å². The Kier molecular flexibility index (Phi) is 6.34. The van der Waals surface area contributed by atoms with Crippen LogP contribution in [0.25, 0.3) is 5.52 Å². The molecule has 0 spiro atoms. The highest BCUT2D eigenvalue weighted by Gasteiger charge is 2.52. The summed E-state index contributed by atoms with van der Waals surface area (Å²) >= 11 is 6.03. The minimum Gasteiger partial charge on any atom is -0.399 e. The number of aliphatic hydroxyl groups excluding tert-OH is 1. The van der Waals surface area contributed by atoms with Gasteiger partial charge in [0, 0.05) is 41.7 Å². The molecule has 10 heteroatoms. The molecule has 0 saturated carbocycles. The molecule has 186 valence electrons. The summed E-state index contributed by atoms with van der Waals surface area (Å²) in [5.74, 6) is 0.944. The number of aromatic nitrogens is 3. The van der Waals surface area contributed by atoms with Crippen molar-refractivity contribution in [3.05, 3.63) is 53.4 Å². The Morgan fingerprint density at radius 1 is 1.17 bits per heavy atom. The third-order valence-corrected chi connectivity index (χ3v) is 7.89. The van der Waals surface area contributed by atoms with Crippen molar-refractivity contribution < 1.29 is 14.4 Å². The highest BCUT2D eigenvalue weighted by atomic mass is 35.5. The molecule has 2 fully saturated rings. The van der Waals surface area contributed by atoms with Gasteiger partial charge in [-0.3, -0.25) is 5.32 Å². The molecule has 5 rings (SSSR count). The van der Waals surface area contributed by atoms with E-state index in [0.29, 0.717) is 18.1 Å². The summed E-state index contributed by atoms with van der Waals surface area (Å²) in [5, 5.41) is 19.4. The predicted molar refractivity (Wildman–Crippen MR) is 138 cm³/mol. The van der Waals surface area contributed by atoms with Crippen molar-refractivity contribution in [2.24, 2.45) is 5.92 Å². The normalized spacial score (nSPS) is 21.3. The minimum absolute atomic E-state index is 0.0650. The number of anilines is 1. The van der Waals surface area contributed by atoms with E-state index >= 15 is 0 Å². The molecule has 2 aliphatic heterocycles. The molecule has 2 saturated heterocycles. The van der Waals surface area contributed by atoms with Crippen LogP contribution < -0.4 is 15.7 Å². The van der Waals surface area contributed by atoms with Crippen molar-refractivity contribution >= 4 is 35.5 Å². The molecule has 3 aromatic rings. The number of rotatable bonds is 7. The molecule has 35 heavy (non-hydrogen) atoms. The monoisotopic (exact) mass is 497 g/mol. The lowest BCUT2D eigenvalue weighted by Gasteiger charge is -2.43. The lowest BCUT2D eigenvalue weighted by atomic mass is 9.81. The van der Waals surface area contributed by atoms with Gasteiger partial charge in [0.05, 0.1) is 11.2 Å². The maximum Gasteiger partial charge on any atom is 0.496 e. The second-order valence-corrected chi connectivity index (χ2v) is 11.0. The van der Waals surface area contributed by atoms with Crippen LogP contribution in [-0.4, -0.2) is 57.3 Å². The molecular weight excluding hydrogens is 465 g/mol. The number of nitrogens with one attached hydrogen (secondary N) is 1. The molecule has 2 aromatic heterocycles. The summed E-state index contributed by atoms with van der Waals surface area (Å²) in [6, 6.07) is 9.88. The van der Waals surface area contributed by atoms with E-state index in [2.05, 4.69) is 27.2 Å². The van der Waals surface area contributed by atoms with Crippen LogP contribution in [0.3, 0.4) is 0 Å². The van der Waals surface area contributed by atoms with Gasteiger partial charge in [-0.2, -0.15) is 5.10 Å². The Morgan fingerprint density at radius 2 is 1.83 bits per heavy atom. The van der Waals surface area contributed by atoms with Crippen molar-refractivity contribution in [3.63, 3.8) is 0 Å². The van der Waals surface area contributed by atoms with Gasteiger partial charge in [0.25, 0.3) is 0 Å². The van der Waals surface area contributed by atoms with E-state index in [1.807, 2.05) is 68.7 Å². The summed E-state index contributed by atoms with van der Waals surface area (Å²) in [4.78, 5) is 6.72. The lowest BCUT2D eigenvalue weighted by molar-refractivity contribution is 0.00578. The van der Waals surface area contributed by atoms with E-state index in [1.54, 1.807) is 6.33 Å². The van der Waals surface area contributed by atoms with E-state index in [4.69, 9.17) is 20.9 Å². The maximum absolute atomic E-state index is 10.9. The first-order valence-electron chi connectivity index (χ1n) is 12.2. The summed E-state index contributed by atoms with van der Waals surface area (Å²) in [7, 11) is -0.455. The Hall–Kier alpha value is -2.17. The summed E-state index contributed by atoms with van der Waals surface area (Å²) in [6.07, 6.45) is 3.75. The van der Waals surface area contributed by atoms with Crippen LogP contribution in [-0.2, 0) is 9.31 Å². The van der Waals surface area contributed by atoms with Crippen LogP contribution in [0.15, 0.2) is 42.9 Å². The number of fused-ring (bicyclic) bond motifs is 1. The van der Waals surface area contributed by atoms with Gasteiger partial charge in [0.2, 0.25) is 0 Å². The number of aliphatic hydroxyl groups is 1. The van der Waals surface area contributed by atoms with E-state index in [9.17, 15) is 5.11 Å². The number of nitrogens with zero attached hydrogens (tertiary/aromatic N) is 4. The molecule has 1 unspecified atom stereocenters. The molecule has 0 amide bonds. The van der Waals surface area contributed by atoms with Crippen molar-refractivity contribution in [1.82, 2.24) is 19.9 Å². The van der Waals surface area contributed by atoms with Gasteiger partial charge in [0.1, 0.15) is 18.1 Å². The molecule has 2 N–H and O–H groups in total. The quantitative estimate of drug-likeness (QED) is 0.383. The number of hydrogen-bond acceptors (Lipinski definition) is 7. The topological polar surface area (TPSA) is 84.2 Å². The maximum atomic E-state index is 10.9. The van der Waals surface area contributed by atoms with Crippen LogP contribution >= 0.6 is 11.6 Å². The molecule has 2 atom stereocenters. The van der Waals surface area contributed by atoms with E-state index in [0.717, 1.165) is 28.8 Å².